The number of nitrogens with zero attached hydrogens (tertiary/aromatic N) is 1. The first-order valence-corrected chi connectivity index (χ1v) is 11.4. The highest BCUT2D eigenvalue weighted by atomic mass is 15.1. The van der Waals surface area contributed by atoms with Gasteiger partial charge in [-0.1, -0.05) is 69.7 Å². The van der Waals surface area contributed by atoms with E-state index in [2.05, 4.69) is 108 Å². The number of fused-ring (bicyclic) bond motifs is 1. The van der Waals surface area contributed by atoms with Gasteiger partial charge in [0.05, 0.1) is 11.0 Å². The second kappa shape index (κ2) is 8.30. The number of aryl methyl sites for hydroxylation is 1. The lowest BCUT2D eigenvalue weighted by Gasteiger charge is -2.49. The first-order valence-electron chi connectivity index (χ1n) is 11.4. The third-order valence-corrected chi connectivity index (χ3v) is 7.50. The van der Waals surface area contributed by atoms with E-state index in [-0.39, 0.29) is 11.0 Å². The van der Waals surface area contributed by atoms with E-state index in [1.165, 1.54) is 33.5 Å². The van der Waals surface area contributed by atoms with Crippen molar-refractivity contribution in [2.75, 3.05) is 0 Å². The minimum absolute atomic E-state index is 0.106. The molecule has 0 saturated carbocycles. The molecular formula is C28H38N+. The molecule has 1 heteroatoms. The fourth-order valence-corrected chi connectivity index (χ4v) is 5.76. The number of benzene rings is 2. The fourth-order valence-electron chi connectivity index (χ4n) is 5.76. The third-order valence-electron chi connectivity index (χ3n) is 7.50. The van der Waals surface area contributed by atoms with E-state index in [1.807, 2.05) is 0 Å². The normalized spacial score (nSPS) is 23.4. The number of rotatable bonds is 5. The van der Waals surface area contributed by atoms with Gasteiger partial charge in [-0.2, -0.15) is 4.58 Å². The summed E-state index contributed by atoms with van der Waals surface area (Å²) in [6, 6.07) is 16.0. The predicted molar refractivity (Wildman–Crippen MR) is 128 cm³/mol. The summed E-state index contributed by atoms with van der Waals surface area (Å²) >= 11 is 0. The molecule has 1 unspecified atom stereocenters. The molecule has 154 valence electrons. The summed E-state index contributed by atoms with van der Waals surface area (Å²) < 4.78 is 2.64. The maximum atomic E-state index is 2.64. The highest BCUT2D eigenvalue weighted by Gasteiger charge is 2.59. The van der Waals surface area contributed by atoms with Crippen molar-refractivity contribution in [3.8, 4) is 11.1 Å². The molecule has 1 aliphatic heterocycles. The summed E-state index contributed by atoms with van der Waals surface area (Å²) in [6.45, 7) is 16.2. The van der Waals surface area contributed by atoms with Crippen LogP contribution in [-0.2, 0) is 5.41 Å². The highest BCUT2D eigenvalue weighted by Crippen LogP contribution is 2.53. The van der Waals surface area contributed by atoms with E-state index < -0.39 is 0 Å². The van der Waals surface area contributed by atoms with Gasteiger partial charge in [-0.25, -0.2) is 0 Å². The van der Waals surface area contributed by atoms with Crippen LogP contribution >= 0.6 is 0 Å². The Morgan fingerprint density at radius 3 is 2.14 bits per heavy atom. The summed E-state index contributed by atoms with van der Waals surface area (Å²) in [4.78, 5) is 0. The van der Waals surface area contributed by atoms with Crippen molar-refractivity contribution in [1.82, 2.24) is 0 Å². The van der Waals surface area contributed by atoms with E-state index in [4.69, 9.17) is 0 Å². The molecule has 0 N–H and O–H groups in total. The molecule has 0 aromatic heterocycles. The lowest BCUT2D eigenvalue weighted by Crippen LogP contribution is -2.59. The van der Waals surface area contributed by atoms with E-state index in [0.29, 0.717) is 0 Å². The average molecular weight is 389 g/mol. The van der Waals surface area contributed by atoms with Gasteiger partial charge in [0.15, 0.2) is 5.54 Å². The summed E-state index contributed by atoms with van der Waals surface area (Å²) in [7, 11) is 0. The zero-order valence-corrected chi connectivity index (χ0v) is 19.5. The number of hydrogen-bond acceptors (Lipinski definition) is 0. The molecule has 0 fully saturated rings. The maximum absolute atomic E-state index is 2.64. The highest BCUT2D eigenvalue weighted by molar-refractivity contribution is 5.76. The van der Waals surface area contributed by atoms with Crippen molar-refractivity contribution in [3.05, 3.63) is 65.2 Å². The van der Waals surface area contributed by atoms with Gasteiger partial charge in [0, 0.05) is 19.3 Å². The predicted octanol–water partition coefficient (Wildman–Crippen LogP) is 7.76. The molecule has 0 radical (unpaired) electrons. The van der Waals surface area contributed by atoms with Crippen molar-refractivity contribution in [1.29, 1.82) is 0 Å². The largest absolute Gasteiger partial charge is 0.208 e. The summed E-state index contributed by atoms with van der Waals surface area (Å²) in [5.74, 6) is 0. The Morgan fingerprint density at radius 2 is 1.59 bits per heavy atom. The van der Waals surface area contributed by atoms with Crippen LogP contribution in [-0.4, -0.2) is 16.3 Å². The van der Waals surface area contributed by atoms with E-state index in [0.717, 1.165) is 25.7 Å². The SMILES string of the molecule is CC=C1c2cc(-c3cccc(C)c3)ccc2C(C)(CC)C(CC)(CC)[N+]1=CCC. The van der Waals surface area contributed by atoms with Gasteiger partial charge in [-0.05, 0) is 56.0 Å². The van der Waals surface area contributed by atoms with Crippen molar-refractivity contribution in [2.24, 2.45) is 0 Å². The van der Waals surface area contributed by atoms with E-state index in [1.54, 1.807) is 0 Å². The summed E-state index contributed by atoms with van der Waals surface area (Å²) in [5.41, 5.74) is 8.41. The summed E-state index contributed by atoms with van der Waals surface area (Å²) in [6.07, 6.45) is 9.21. The zero-order chi connectivity index (χ0) is 21.2. The fraction of sp³-hybridized carbons (Fsp3) is 0.464. The van der Waals surface area contributed by atoms with Crippen LogP contribution in [0.3, 0.4) is 0 Å². The van der Waals surface area contributed by atoms with Gasteiger partial charge in [-0.15, -0.1) is 0 Å². The molecule has 1 atom stereocenters. The molecule has 0 saturated heterocycles. The van der Waals surface area contributed by atoms with E-state index >= 15 is 0 Å². The van der Waals surface area contributed by atoms with Gasteiger partial charge in [0.1, 0.15) is 6.21 Å². The molecule has 0 amide bonds. The Hall–Kier alpha value is -2.15. The van der Waals surface area contributed by atoms with Gasteiger partial charge in [-0.3, -0.25) is 0 Å². The van der Waals surface area contributed by atoms with Crippen LogP contribution < -0.4 is 0 Å². The smallest absolute Gasteiger partial charge is 0.196 e. The molecule has 0 aliphatic carbocycles. The third kappa shape index (κ3) is 3.19. The maximum Gasteiger partial charge on any atom is 0.208 e. The molecule has 2 aromatic carbocycles. The Balaban J connectivity index is 2.35. The summed E-state index contributed by atoms with van der Waals surface area (Å²) in [5, 5.41) is 0. The van der Waals surface area contributed by atoms with Crippen LogP contribution in [0.5, 0.6) is 0 Å². The number of hydrogen-bond donors (Lipinski definition) is 0. The molecule has 0 spiro atoms. The standard InChI is InChI=1S/C28H38N/c1-8-18-29-26(9-2)24-20-23(22-15-13-14-21(6)19-22)16-17-25(24)27(7,10-3)28(29,11-4)12-5/h9,13-20H,8,10-12H2,1-7H3/q+1. The van der Waals surface area contributed by atoms with Crippen LogP contribution in [0.15, 0.2) is 48.5 Å². The van der Waals surface area contributed by atoms with Crippen LogP contribution in [0.2, 0.25) is 0 Å². The molecule has 2 aromatic rings. The van der Waals surface area contributed by atoms with Gasteiger partial charge < -0.3 is 0 Å². The Bertz CT molecular complexity index is 943. The first kappa shape index (κ1) is 21.6. The molecule has 1 aliphatic rings. The van der Waals surface area contributed by atoms with Crippen molar-refractivity contribution in [2.45, 2.75) is 85.1 Å². The zero-order valence-electron chi connectivity index (χ0n) is 19.5. The topological polar surface area (TPSA) is 3.01 Å². The molecule has 3 rings (SSSR count). The molecular weight excluding hydrogens is 350 g/mol. The van der Waals surface area contributed by atoms with E-state index in [9.17, 15) is 0 Å². The second-order valence-electron chi connectivity index (χ2n) is 8.69. The molecule has 1 heterocycles. The minimum Gasteiger partial charge on any atom is -0.196 e. The number of allylic oxidation sites excluding steroid dienone is 1. The molecule has 0 bridgehead atoms. The van der Waals surface area contributed by atoms with Crippen molar-refractivity contribution < 1.29 is 4.58 Å². The second-order valence-corrected chi connectivity index (χ2v) is 8.69. The van der Waals surface area contributed by atoms with Gasteiger partial charge in [0.2, 0.25) is 5.70 Å². The van der Waals surface area contributed by atoms with Gasteiger partial charge >= 0.3 is 0 Å². The van der Waals surface area contributed by atoms with Crippen LogP contribution in [0.25, 0.3) is 16.8 Å². The van der Waals surface area contributed by atoms with Crippen molar-refractivity contribution >= 4 is 11.9 Å². The van der Waals surface area contributed by atoms with Crippen LogP contribution in [0.1, 0.15) is 83.9 Å². The van der Waals surface area contributed by atoms with Gasteiger partial charge in [0.25, 0.3) is 0 Å². The van der Waals surface area contributed by atoms with Crippen LogP contribution in [0.4, 0.5) is 0 Å². The Labute approximate surface area is 178 Å². The molecule has 1 nitrogen and oxygen atoms in total. The Kier molecular flexibility index (Phi) is 6.17. The average Bonchev–Trinajstić information content (AvgIpc) is 2.74. The first-order chi connectivity index (χ1) is 13.9. The monoisotopic (exact) mass is 388 g/mol. The quantitative estimate of drug-likeness (QED) is 0.460. The molecule has 29 heavy (non-hydrogen) atoms. The van der Waals surface area contributed by atoms with Crippen LogP contribution in [0, 0.1) is 6.92 Å². The Morgan fingerprint density at radius 1 is 0.897 bits per heavy atom. The minimum atomic E-state index is 0.106. The lowest BCUT2D eigenvalue weighted by atomic mass is 9.58. The van der Waals surface area contributed by atoms with Crippen molar-refractivity contribution in [3.63, 3.8) is 0 Å². The lowest BCUT2D eigenvalue weighted by molar-refractivity contribution is -0.546.